The minimum Gasteiger partial charge on any atom is -0.315 e. The second kappa shape index (κ2) is 6.48. The molecule has 1 aliphatic rings. The maximum Gasteiger partial charge on any atom is 0.239 e. The standard InChI is InChI=1S/C20H22N2O2/c1-14-8-7-9-15(2)18(14)22-13-12-17(20(22)24)19(23)21(3)16-10-5-4-6-11-16/h4-11,17H,12-13H2,1-3H3. The molecule has 24 heavy (non-hydrogen) atoms. The second-order valence-electron chi connectivity index (χ2n) is 6.30. The Morgan fingerprint density at radius 1 is 1.04 bits per heavy atom. The monoisotopic (exact) mass is 322 g/mol. The van der Waals surface area contributed by atoms with E-state index in [0.29, 0.717) is 13.0 Å². The number of hydrogen-bond acceptors (Lipinski definition) is 2. The van der Waals surface area contributed by atoms with Crippen LogP contribution in [-0.2, 0) is 9.59 Å². The first-order chi connectivity index (χ1) is 11.5. The zero-order chi connectivity index (χ0) is 17.3. The third-order valence-corrected chi connectivity index (χ3v) is 4.69. The van der Waals surface area contributed by atoms with Gasteiger partial charge in [0.25, 0.3) is 0 Å². The molecule has 0 saturated carbocycles. The molecular weight excluding hydrogens is 300 g/mol. The lowest BCUT2D eigenvalue weighted by atomic mass is 10.1. The molecule has 4 heteroatoms. The van der Waals surface area contributed by atoms with E-state index < -0.39 is 5.92 Å². The van der Waals surface area contributed by atoms with E-state index in [0.717, 1.165) is 22.5 Å². The van der Waals surface area contributed by atoms with Crippen molar-refractivity contribution < 1.29 is 9.59 Å². The Labute approximate surface area is 142 Å². The first-order valence-electron chi connectivity index (χ1n) is 8.21. The zero-order valence-electron chi connectivity index (χ0n) is 14.3. The molecule has 124 valence electrons. The highest BCUT2D eigenvalue weighted by molar-refractivity contribution is 6.14. The Morgan fingerprint density at radius 3 is 2.29 bits per heavy atom. The summed E-state index contributed by atoms with van der Waals surface area (Å²) < 4.78 is 0. The highest BCUT2D eigenvalue weighted by Gasteiger charge is 2.40. The average Bonchev–Trinajstić information content (AvgIpc) is 2.96. The molecule has 1 aliphatic heterocycles. The predicted octanol–water partition coefficient (Wildman–Crippen LogP) is 3.32. The Balaban J connectivity index is 1.83. The van der Waals surface area contributed by atoms with Crippen molar-refractivity contribution in [2.45, 2.75) is 20.3 Å². The first kappa shape index (κ1) is 16.2. The summed E-state index contributed by atoms with van der Waals surface area (Å²) in [6.45, 7) is 4.59. The lowest BCUT2D eigenvalue weighted by molar-refractivity contribution is -0.130. The summed E-state index contributed by atoms with van der Waals surface area (Å²) in [7, 11) is 1.73. The van der Waals surface area contributed by atoms with Crippen LogP contribution in [-0.4, -0.2) is 25.4 Å². The molecule has 1 atom stereocenters. The molecule has 1 saturated heterocycles. The lowest BCUT2D eigenvalue weighted by Crippen LogP contribution is -2.38. The summed E-state index contributed by atoms with van der Waals surface area (Å²) in [5, 5.41) is 0. The molecule has 2 aromatic rings. The highest BCUT2D eigenvalue weighted by atomic mass is 16.2. The first-order valence-corrected chi connectivity index (χ1v) is 8.21. The number of carbonyl (C=O) groups excluding carboxylic acids is 2. The van der Waals surface area contributed by atoms with E-state index >= 15 is 0 Å². The molecule has 0 aliphatic carbocycles. The van der Waals surface area contributed by atoms with Crippen LogP contribution in [0.25, 0.3) is 0 Å². The molecule has 2 aromatic carbocycles. The molecule has 1 fully saturated rings. The smallest absolute Gasteiger partial charge is 0.239 e. The van der Waals surface area contributed by atoms with Crippen molar-refractivity contribution >= 4 is 23.2 Å². The number of aryl methyl sites for hydroxylation is 2. The van der Waals surface area contributed by atoms with E-state index in [9.17, 15) is 9.59 Å². The van der Waals surface area contributed by atoms with Crippen LogP contribution in [0.2, 0.25) is 0 Å². The SMILES string of the molecule is Cc1cccc(C)c1N1CCC(C(=O)N(C)c2ccccc2)C1=O. The molecule has 4 nitrogen and oxygen atoms in total. The molecule has 0 radical (unpaired) electrons. The zero-order valence-corrected chi connectivity index (χ0v) is 14.3. The van der Waals surface area contributed by atoms with Gasteiger partial charge in [-0.1, -0.05) is 36.4 Å². The van der Waals surface area contributed by atoms with Gasteiger partial charge in [0.05, 0.1) is 0 Å². The molecular formula is C20H22N2O2. The van der Waals surface area contributed by atoms with E-state index in [4.69, 9.17) is 0 Å². The van der Waals surface area contributed by atoms with Crippen LogP contribution in [0.15, 0.2) is 48.5 Å². The van der Waals surface area contributed by atoms with Crippen molar-refractivity contribution in [3.63, 3.8) is 0 Å². The van der Waals surface area contributed by atoms with Crippen LogP contribution in [0, 0.1) is 19.8 Å². The summed E-state index contributed by atoms with van der Waals surface area (Å²) in [6.07, 6.45) is 0.558. The van der Waals surface area contributed by atoms with Gasteiger partial charge in [0.1, 0.15) is 5.92 Å². The van der Waals surface area contributed by atoms with Crippen LogP contribution in [0.1, 0.15) is 17.5 Å². The highest BCUT2D eigenvalue weighted by Crippen LogP contribution is 2.32. The van der Waals surface area contributed by atoms with Gasteiger partial charge in [-0.2, -0.15) is 0 Å². The number of amides is 2. The third kappa shape index (κ3) is 2.80. The van der Waals surface area contributed by atoms with Gasteiger partial charge >= 0.3 is 0 Å². The predicted molar refractivity (Wildman–Crippen MR) is 96.2 cm³/mol. The Morgan fingerprint density at radius 2 is 1.67 bits per heavy atom. The Bertz CT molecular complexity index is 750. The van der Waals surface area contributed by atoms with Crippen LogP contribution in [0.5, 0.6) is 0 Å². The molecule has 0 spiro atoms. The molecule has 1 unspecified atom stereocenters. The molecule has 3 rings (SSSR count). The van der Waals surface area contributed by atoms with Crippen molar-refractivity contribution in [1.82, 2.24) is 0 Å². The van der Waals surface area contributed by atoms with Crippen molar-refractivity contribution in [2.24, 2.45) is 5.92 Å². The van der Waals surface area contributed by atoms with Crippen LogP contribution in [0.3, 0.4) is 0 Å². The summed E-state index contributed by atoms with van der Waals surface area (Å²) >= 11 is 0. The van der Waals surface area contributed by atoms with Gasteiger partial charge in [0, 0.05) is 25.0 Å². The topological polar surface area (TPSA) is 40.6 Å². The quantitative estimate of drug-likeness (QED) is 0.813. The van der Waals surface area contributed by atoms with Crippen LogP contribution in [0.4, 0.5) is 11.4 Å². The van der Waals surface area contributed by atoms with Gasteiger partial charge in [-0.3, -0.25) is 9.59 Å². The van der Waals surface area contributed by atoms with Crippen LogP contribution >= 0.6 is 0 Å². The number of hydrogen-bond donors (Lipinski definition) is 0. The lowest BCUT2D eigenvalue weighted by Gasteiger charge is -2.23. The second-order valence-corrected chi connectivity index (χ2v) is 6.30. The maximum absolute atomic E-state index is 12.9. The normalized spacial score (nSPS) is 17.2. The molecule has 0 N–H and O–H groups in total. The fourth-order valence-corrected chi connectivity index (χ4v) is 3.38. The molecule has 2 amide bonds. The number of anilines is 2. The van der Waals surface area contributed by atoms with E-state index in [1.807, 2.05) is 62.4 Å². The van der Waals surface area contributed by atoms with Gasteiger partial charge in [0.2, 0.25) is 11.8 Å². The van der Waals surface area contributed by atoms with Gasteiger partial charge in [-0.25, -0.2) is 0 Å². The number of para-hydroxylation sites is 2. The van der Waals surface area contributed by atoms with Crippen molar-refractivity contribution in [3.8, 4) is 0 Å². The fourth-order valence-electron chi connectivity index (χ4n) is 3.38. The van der Waals surface area contributed by atoms with Crippen molar-refractivity contribution in [3.05, 3.63) is 59.7 Å². The van der Waals surface area contributed by atoms with Crippen molar-refractivity contribution in [2.75, 3.05) is 23.4 Å². The molecule has 1 heterocycles. The molecule has 0 bridgehead atoms. The average molecular weight is 322 g/mol. The molecule has 0 aromatic heterocycles. The number of nitrogens with zero attached hydrogens (tertiary/aromatic N) is 2. The third-order valence-electron chi connectivity index (χ3n) is 4.69. The van der Waals surface area contributed by atoms with E-state index in [2.05, 4.69) is 0 Å². The maximum atomic E-state index is 12.9. The number of carbonyl (C=O) groups is 2. The van der Waals surface area contributed by atoms with E-state index in [1.54, 1.807) is 16.8 Å². The van der Waals surface area contributed by atoms with Gasteiger partial charge in [-0.05, 0) is 43.5 Å². The Hall–Kier alpha value is -2.62. The minimum absolute atomic E-state index is 0.0971. The largest absolute Gasteiger partial charge is 0.315 e. The summed E-state index contributed by atoms with van der Waals surface area (Å²) in [5.74, 6) is -0.839. The minimum atomic E-state index is -0.603. The van der Waals surface area contributed by atoms with E-state index in [1.165, 1.54) is 0 Å². The van der Waals surface area contributed by atoms with Gasteiger partial charge < -0.3 is 9.80 Å². The van der Waals surface area contributed by atoms with E-state index in [-0.39, 0.29) is 11.8 Å². The summed E-state index contributed by atoms with van der Waals surface area (Å²) in [4.78, 5) is 29.0. The van der Waals surface area contributed by atoms with Crippen molar-refractivity contribution in [1.29, 1.82) is 0 Å². The number of benzene rings is 2. The summed E-state index contributed by atoms with van der Waals surface area (Å²) in [6, 6.07) is 15.4. The summed E-state index contributed by atoms with van der Waals surface area (Å²) in [5.41, 5.74) is 3.88. The Kier molecular flexibility index (Phi) is 4.38. The van der Waals surface area contributed by atoms with Gasteiger partial charge in [-0.15, -0.1) is 0 Å². The van der Waals surface area contributed by atoms with Crippen LogP contribution < -0.4 is 9.80 Å². The number of rotatable bonds is 3. The van der Waals surface area contributed by atoms with Gasteiger partial charge in [0.15, 0.2) is 0 Å². The fraction of sp³-hybridized carbons (Fsp3) is 0.300.